The van der Waals surface area contributed by atoms with Crippen LogP contribution in [0.25, 0.3) is 0 Å². The largest absolute Gasteiger partial charge is 0.354 e. The van der Waals surface area contributed by atoms with Gasteiger partial charge >= 0.3 is 0 Å². The quantitative estimate of drug-likeness (QED) is 0.862. The van der Waals surface area contributed by atoms with Gasteiger partial charge in [-0.1, -0.05) is 24.3 Å². The van der Waals surface area contributed by atoms with E-state index in [0.29, 0.717) is 18.9 Å². The van der Waals surface area contributed by atoms with E-state index < -0.39 is 0 Å². The lowest BCUT2D eigenvalue weighted by molar-refractivity contribution is -0.132. The Morgan fingerprint density at radius 3 is 2.91 bits per heavy atom. The van der Waals surface area contributed by atoms with Crippen LogP contribution in [0.5, 0.6) is 0 Å². The fourth-order valence-electron chi connectivity index (χ4n) is 2.84. The van der Waals surface area contributed by atoms with E-state index in [1.807, 2.05) is 24.0 Å². The normalized spacial score (nSPS) is 13.5. The highest BCUT2D eigenvalue weighted by Gasteiger charge is 2.19. The number of carbonyl (C=O) groups excluding carboxylic acids is 1. The van der Waals surface area contributed by atoms with Gasteiger partial charge in [0.25, 0.3) is 0 Å². The third kappa shape index (κ3) is 4.06. The molecule has 0 saturated carbocycles. The van der Waals surface area contributed by atoms with Crippen LogP contribution < -0.4 is 5.32 Å². The molecule has 1 N–H and O–H groups in total. The van der Waals surface area contributed by atoms with Gasteiger partial charge in [-0.2, -0.15) is 0 Å². The summed E-state index contributed by atoms with van der Waals surface area (Å²) in [4.78, 5) is 22.7. The molecule has 0 aliphatic carbocycles. The molecule has 1 aromatic carbocycles. The average molecular weight is 310 g/mol. The molecular weight excluding hydrogens is 288 g/mol. The second-order valence-electron chi connectivity index (χ2n) is 5.89. The number of amides is 1. The Morgan fingerprint density at radius 2 is 2.09 bits per heavy atom. The number of aromatic nitrogens is 2. The lowest BCUT2D eigenvalue weighted by Crippen LogP contribution is -2.36. The molecule has 0 unspecified atom stereocenters. The number of rotatable bonds is 5. The van der Waals surface area contributed by atoms with Gasteiger partial charge in [0.2, 0.25) is 11.9 Å². The summed E-state index contributed by atoms with van der Waals surface area (Å²) in [6.07, 6.45) is 4.04. The first-order chi connectivity index (χ1) is 11.2. The molecule has 0 atom stereocenters. The van der Waals surface area contributed by atoms with Crippen LogP contribution in [0.4, 0.5) is 5.95 Å². The molecule has 0 fully saturated rings. The van der Waals surface area contributed by atoms with Gasteiger partial charge in [0.15, 0.2) is 0 Å². The van der Waals surface area contributed by atoms with E-state index in [4.69, 9.17) is 0 Å². The molecule has 0 saturated heterocycles. The molecule has 0 spiro atoms. The molecule has 5 nitrogen and oxygen atoms in total. The van der Waals surface area contributed by atoms with E-state index in [9.17, 15) is 4.79 Å². The maximum Gasteiger partial charge on any atom is 0.222 e. The minimum atomic E-state index is 0.228. The molecule has 120 valence electrons. The third-order valence-corrected chi connectivity index (χ3v) is 4.13. The molecule has 23 heavy (non-hydrogen) atoms. The van der Waals surface area contributed by atoms with Crippen LogP contribution in [-0.4, -0.2) is 33.9 Å². The first kappa shape index (κ1) is 15.5. The standard InChI is InChI=1S/C18H22N4O/c1-14-8-11-20-18(21-14)19-10-4-7-17(23)22-12-9-15-5-2-3-6-16(15)13-22/h2-3,5-6,8,11H,4,7,9-10,12-13H2,1H3,(H,19,20,21). The van der Waals surface area contributed by atoms with Gasteiger partial charge in [-0.05, 0) is 37.0 Å². The van der Waals surface area contributed by atoms with Gasteiger partial charge in [-0.25, -0.2) is 9.97 Å². The van der Waals surface area contributed by atoms with Gasteiger partial charge in [-0.15, -0.1) is 0 Å². The minimum absolute atomic E-state index is 0.228. The van der Waals surface area contributed by atoms with Gasteiger partial charge < -0.3 is 10.2 Å². The molecule has 0 bridgehead atoms. The van der Waals surface area contributed by atoms with Crippen molar-refractivity contribution in [2.75, 3.05) is 18.4 Å². The predicted octanol–water partition coefficient (Wildman–Crippen LogP) is 2.56. The number of carbonyl (C=O) groups is 1. The summed E-state index contributed by atoms with van der Waals surface area (Å²) < 4.78 is 0. The van der Waals surface area contributed by atoms with Crippen molar-refractivity contribution in [1.82, 2.24) is 14.9 Å². The second-order valence-corrected chi connectivity index (χ2v) is 5.89. The number of nitrogens with one attached hydrogen (secondary N) is 1. The molecule has 1 aliphatic rings. The number of hydrogen-bond donors (Lipinski definition) is 1. The van der Waals surface area contributed by atoms with Crippen LogP contribution in [0.2, 0.25) is 0 Å². The lowest BCUT2D eigenvalue weighted by atomic mass is 9.99. The van der Waals surface area contributed by atoms with Crippen LogP contribution in [0, 0.1) is 6.92 Å². The summed E-state index contributed by atoms with van der Waals surface area (Å²) in [7, 11) is 0. The number of hydrogen-bond acceptors (Lipinski definition) is 4. The van der Waals surface area contributed by atoms with E-state index in [-0.39, 0.29) is 5.91 Å². The van der Waals surface area contributed by atoms with Crippen molar-refractivity contribution in [3.8, 4) is 0 Å². The maximum atomic E-state index is 12.3. The first-order valence-corrected chi connectivity index (χ1v) is 8.10. The topological polar surface area (TPSA) is 58.1 Å². The van der Waals surface area contributed by atoms with Gasteiger partial charge in [-0.3, -0.25) is 4.79 Å². The fourth-order valence-corrected chi connectivity index (χ4v) is 2.84. The van der Waals surface area contributed by atoms with E-state index in [2.05, 4.69) is 33.5 Å². The zero-order chi connectivity index (χ0) is 16.1. The highest BCUT2D eigenvalue weighted by atomic mass is 16.2. The molecule has 1 amide bonds. The molecule has 5 heteroatoms. The van der Waals surface area contributed by atoms with Crippen molar-refractivity contribution >= 4 is 11.9 Å². The Balaban J connectivity index is 1.43. The summed E-state index contributed by atoms with van der Waals surface area (Å²) in [5.41, 5.74) is 3.58. The third-order valence-electron chi connectivity index (χ3n) is 4.13. The number of nitrogens with zero attached hydrogens (tertiary/aromatic N) is 3. The van der Waals surface area contributed by atoms with Crippen molar-refractivity contribution in [2.24, 2.45) is 0 Å². The summed E-state index contributed by atoms with van der Waals surface area (Å²) in [5, 5.41) is 3.17. The van der Waals surface area contributed by atoms with Crippen molar-refractivity contribution < 1.29 is 4.79 Å². The second kappa shape index (κ2) is 7.22. The molecule has 2 heterocycles. The zero-order valence-corrected chi connectivity index (χ0v) is 13.5. The Hall–Kier alpha value is -2.43. The first-order valence-electron chi connectivity index (χ1n) is 8.10. The van der Waals surface area contributed by atoms with Crippen molar-refractivity contribution in [3.63, 3.8) is 0 Å². The van der Waals surface area contributed by atoms with Crippen LogP contribution >= 0.6 is 0 Å². The van der Waals surface area contributed by atoms with E-state index in [1.165, 1.54) is 11.1 Å². The zero-order valence-electron chi connectivity index (χ0n) is 13.5. The van der Waals surface area contributed by atoms with Gasteiger partial charge in [0, 0.05) is 37.9 Å². The Bertz CT molecular complexity index is 686. The van der Waals surface area contributed by atoms with Crippen LogP contribution in [-0.2, 0) is 17.8 Å². The molecule has 1 aromatic heterocycles. The number of benzene rings is 1. The number of aryl methyl sites for hydroxylation is 1. The SMILES string of the molecule is Cc1ccnc(NCCCC(=O)N2CCc3ccccc3C2)n1. The molecule has 2 aromatic rings. The summed E-state index contributed by atoms with van der Waals surface area (Å²) in [6, 6.07) is 10.2. The molecular formula is C18H22N4O. The predicted molar refractivity (Wildman–Crippen MR) is 90.1 cm³/mol. The summed E-state index contributed by atoms with van der Waals surface area (Å²) in [6.45, 7) is 4.21. The van der Waals surface area contributed by atoms with Crippen molar-refractivity contribution in [2.45, 2.75) is 32.7 Å². The number of anilines is 1. The summed E-state index contributed by atoms with van der Waals surface area (Å²) in [5.74, 6) is 0.857. The fraction of sp³-hybridized carbons (Fsp3) is 0.389. The lowest BCUT2D eigenvalue weighted by Gasteiger charge is -2.29. The minimum Gasteiger partial charge on any atom is -0.354 e. The average Bonchev–Trinajstić information content (AvgIpc) is 2.58. The van der Waals surface area contributed by atoms with Crippen molar-refractivity contribution in [1.29, 1.82) is 0 Å². The van der Waals surface area contributed by atoms with Gasteiger partial charge in [0.05, 0.1) is 0 Å². The van der Waals surface area contributed by atoms with E-state index >= 15 is 0 Å². The van der Waals surface area contributed by atoms with Crippen LogP contribution in [0.1, 0.15) is 29.7 Å². The monoisotopic (exact) mass is 310 g/mol. The van der Waals surface area contributed by atoms with Crippen LogP contribution in [0.3, 0.4) is 0 Å². The summed E-state index contributed by atoms with van der Waals surface area (Å²) >= 11 is 0. The molecule has 1 aliphatic heterocycles. The van der Waals surface area contributed by atoms with E-state index in [1.54, 1.807) is 6.20 Å². The molecule has 0 radical (unpaired) electrons. The Labute approximate surface area is 136 Å². The Kier molecular flexibility index (Phi) is 4.86. The maximum absolute atomic E-state index is 12.3. The van der Waals surface area contributed by atoms with Gasteiger partial charge in [0.1, 0.15) is 0 Å². The molecule has 3 rings (SSSR count). The van der Waals surface area contributed by atoms with E-state index in [0.717, 1.165) is 31.6 Å². The highest BCUT2D eigenvalue weighted by Crippen LogP contribution is 2.19. The van der Waals surface area contributed by atoms with Crippen molar-refractivity contribution in [3.05, 3.63) is 53.3 Å². The smallest absolute Gasteiger partial charge is 0.222 e. The van der Waals surface area contributed by atoms with Crippen LogP contribution in [0.15, 0.2) is 36.5 Å². The highest BCUT2D eigenvalue weighted by molar-refractivity contribution is 5.76. The number of fused-ring (bicyclic) bond motifs is 1. The Morgan fingerprint density at radius 1 is 1.26 bits per heavy atom.